The van der Waals surface area contributed by atoms with Gasteiger partial charge < -0.3 is 14.7 Å². The summed E-state index contributed by atoms with van der Waals surface area (Å²) in [7, 11) is 5.49. The van der Waals surface area contributed by atoms with Crippen LogP contribution in [-0.2, 0) is 9.59 Å². The van der Waals surface area contributed by atoms with Gasteiger partial charge in [-0.3, -0.25) is 9.59 Å². The number of ketones is 1. The fourth-order valence-corrected chi connectivity index (χ4v) is 3.88. The number of aliphatic carboxylic acids is 1. The van der Waals surface area contributed by atoms with E-state index in [9.17, 15) is 14.7 Å². The van der Waals surface area contributed by atoms with Crippen molar-refractivity contribution in [2.24, 2.45) is 0 Å². The fraction of sp³-hybridized carbons (Fsp3) is 0.840. The van der Waals surface area contributed by atoms with E-state index in [1.807, 2.05) is 21.1 Å². The van der Waals surface area contributed by atoms with E-state index in [1.54, 1.807) is 6.08 Å². The molecular formula is C25H48NO4+. The van der Waals surface area contributed by atoms with E-state index >= 15 is 0 Å². The summed E-state index contributed by atoms with van der Waals surface area (Å²) in [6, 6.07) is 0. The van der Waals surface area contributed by atoms with E-state index in [0.717, 1.165) is 19.3 Å². The van der Waals surface area contributed by atoms with Crippen LogP contribution in [0.1, 0.15) is 103 Å². The molecule has 2 N–H and O–H groups in total. The summed E-state index contributed by atoms with van der Waals surface area (Å²) in [6.07, 6.45) is 20.3. The van der Waals surface area contributed by atoms with Crippen molar-refractivity contribution in [3.05, 3.63) is 12.2 Å². The highest BCUT2D eigenvalue weighted by Crippen LogP contribution is 2.18. The van der Waals surface area contributed by atoms with E-state index < -0.39 is 23.8 Å². The van der Waals surface area contributed by atoms with Crippen LogP contribution < -0.4 is 0 Å². The average molecular weight is 427 g/mol. The Morgan fingerprint density at radius 2 is 1.23 bits per heavy atom. The normalized spacial score (nSPS) is 14.2. The molecule has 0 rings (SSSR count). The number of allylic oxidation sites excluding steroid dienone is 1. The topological polar surface area (TPSA) is 74.6 Å². The third-order valence-electron chi connectivity index (χ3n) is 5.38. The number of aliphatic hydroxyl groups is 1. The van der Waals surface area contributed by atoms with E-state index in [-0.39, 0.29) is 6.54 Å². The Bertz CT molecular complexity index is 496. The van der Waals surface area contributed by atoms with Crippen molar-refractivity contribution >= 4 is 11.8 Å². The van der Waals surface area contributed by atoms with Gasteiger partial charge in [-0.2, -0.15) is 0 Å². The molecule has 1 unspecified atom stereocenters. The predicted molar refractivity (Wildman–Crippen MR) is 125 cm³/mol. The Hall–Kier alpha value is -1.20. The van der Waals surface area contributed by atoms with Crippen LogP contribution in [0.4, 0.5) is 0 Å². The number of quaternary nitrogens is 1. The molecule has 0 heterocycles. The van der Waals surface area contributed by atoms with Gasteiger partial charge in [0.05, 0.1) is 27.6 Å². The summed E-state index contributed by atoms with van der Waals surface area (Å²) in [6.45, 7) is 2.33. The molecule has 0 radical (unpaired) electrons. The van der Waals surface area contributed by atoms with Gasteiger partial charge in [0.25, 0.3) is 0 Å². The zero-order valence-electron chi connectivity index (χ0n) is 20.1. The van der Waals surface area contributed by atoms with Crippen LogP contribution in [0, 0.1) is 0 Å². The highest BCUT2D eigenvalue weighted by atomic mass is 16.4. The van der Waals surface area contributed by atoms with Gasteiger partial charge >= 0.3 is 5.97 Å². The number of hydrogen-bond acceptors (Lipinski definition) is 3. The molecule has 0 saturated heterocycles. The molecule has 0 fully saturated rings. The second-order valence-corrected chi connectivity index (χ2v) is 9.85. The number of nitrogens with zero attached hydrogens (tertiary/aromatic N) is 1. The van der Waals surface area contributed by atoms with Crippen molar-refractivity contribution in [3.63, 3.8) is 0 Å². The van der Waals surface area contributed by atoms with Crippen LogP contribution in [0.5, 0.6) is 0 Å². The second-order valence-electron chi connectivity index (χ2n) is 9.85. The molecule has 0 aliphatic rings. The van der Waals surface area contributed by atoms with Gasteiger partial charge in [0.1, 0.15) is 6.54 Å². The SMILES string of the molecule is CCCCCCCCCCCCCCCC=CC(=O)C(O)(CC(=O)O)C[N+](C)(C)C. The first-order chi connectivity index (χ1) is 14.1. The lowest BCUT2D eigenvalue weighted by Gasteiger charge is -2.33. The number of unbranched alkanes of at least 4 members (excludes halogenated alkanes) is 13. The quantitative estimate of drug-likeness (QED) is 0.153. The fourth-order valence-electron chi connectivity index (χ4n) is 3.88. The Kier molecular flexibility index (Phi) is 15.8. The average Bonchev–Trinajstić information content (AvgIpc) is 2.62. The maximum Gasteiger partial charge on any atom is 0.307 e. The summed E-state index contributed by atoms with van der Waals surface area (Å²) < 4.78 is 0.322. The number of likely N-dealkylation sites (N-methyl/N-ethyl adjacent to an activating group) is 1. The molecule has 0 saturated carbocycles. The molecule has 176 valence electrons. The molecule has 0 aliphatic carbocycles. The molecule has 0 aliphatic heterocycles. The summed E-state index contributed by atoms with van der Waals surface area (Å²) in [4.78, 5) is 23.5. The van der Waals surface area contributed by atoms with Gasteiger partial charge in [-0.15, -0.1) is 0 Å². The Balaban J connectivity index is 3.88. The molecule has 30 heavy (non-hydrogen) atoms. The molecule has 0 aromatic heterocycles. The summed E-state index contributed by atoms with van der Waals surface area (Å²) >= 11 is 0. The minimum absolute atomic E-state index is 0.0706. The summed E-state index contributed by atoms with van der Waals surface area (Å²) in [5, 5.41) is 19.7. The monoisotopic (exact) mass is 426 g/mol. The molecule has 0 spiro atoms. The Morgan fingerprint density at radius 3 is 1.63 bits per heavy atom. The van der Waals surface area contributed by atoms with E-state index in [0.29, 0.717) is 4.48 Å². The first kappa shape index (κ1) is 28.8. The molecule has 0 aromatic rings. The summed E-state index contributed by atoms with van der Waals surface area (Å²) in [5.74, 6) is -1.67. The maximum atomic E-state index is 12.4. The minimum Gasteiger partial charge on any atom is -0.481 e. The van der Waals surface area contributed by atoms with Gasteiger partial charge in [-0.1, -0.05) is 90.0 Å². The van der Waals surface area contributed by atoms with Crippen molar-refractivity contribution in [1.29, 1.82) is 0 Å². The van der Waals surface area contributed by atoms with Crippen molar-refractivity contribution in [1.82, 2.24) is 0 Å². The first-order valence-electron chi connectivity index (χ1n) is 12.1. The lowest BCUT2D eigenvalue weighted by molar-refractivity contribution is -0.875. The second kappa shape index (κ2) is 16.5. The molecule has 5 nitrogen and oxygen atoms in total. The Morgan fingerprint density at radius 1 is 0.800 bits per heavy atom. The third-order valence-corrected chi connectivity index (χ3v) is 5.38. The number of hydrogen-bond donors (Lipinski definition) is 2. The summed E-state index contributed by atoms with van der Waals surface area (Å²) in [5.41, 5.74) is -1.85. The van der Waals surface area contributed by atoms with E-state index in [1.165, 1.54) is 76.7 Å². The zero-order chi connectivity index (χ0) is 22.9. The van der Waals surface area contributed by atoms with Crippen LogP contribution >= 0.6 is 0 Å². The van der Waals surface area contributed by atoms with Crippen LogP contribution in [0.2, 0.25) is 0 Å². The van der Waals surface area contributed by atoms with Crippen LogP contribution in [0.25, 0.3) is 0 Å². The number of carbonyl (C=O) groups is 2. The number of carbonyl (C=O) groups excluding carboxylic acids is 1. The minimum atomic E-state index is -1.85. The number of carboxylic acid groups (broad SMARTS) is 1. The molecule has 0 aromatic carbocycles. The van der Waals surface area contributed by atoms with Gasteiger partial charge in [0.2, 0.25) is 0 Å². The van der Waals surface area contributed by atoms with Gasteiger partial charge in [-0.25, -0.2) is 0 Å². The molecule has 0 amide bonds. The molecule has 1 atom stereocenters. The standard InChI is InChI=1S/C25H47NO4/c1-5-6-7-8-9-10-11-12-13-14-15-16-17-18-19-20-23(27)25(30,21-24(28)29)22-26(2,3)4/h19-20,30H,5-18,21-22H2,1-4H3/p+1. The van der Waals surface area contributed by atoms with E-state index in [4.69, 9.17) is 5.11 Å². The van der Waals surface area contributed by atoms with E-state index in [2.05, 4.69) is 6.92 Å². The van der Waals surface area contributed by atoms with Crippen LogP contribution in [0.3, 0.4) is 0 Å². The van der Waals surface area contributed by atoms with Crippen molar-refractivity contribution in [3.8, 4) is 0 Å². The van der Waals surface area contributed by atoms with Crippen LogP contribution in [-0.4, -0.2) is 59.7 Å². The van der Waals surface area contributed by atoms with Gasteiger partial charge in [-0.05, 0) is 18.9 Å². The Labute approximate surface area is 185 Å². The molecule has 5 heteroatoms. The molecular weight excluding hydrogens is 378 g/mol. The maximum absolute atomic E-state index is 12.4. The predicted octanol–water partition coefficient (Wildman–Crippen LogP) is 5.51. The lowest BCUT2D eigenvalue weighted by Crippen LogP contribution is -2.54. The number of rotatable bonds is 20. The highest BCUT2D eigenvalue weighted by molar-refractivity contribution is 5.99. The van der Waals surface area contributed by atoms with Crippen molar-refractivity contribution in [2.75, 3.05) is 27.7 Å². The third kappa shape index (κ3) is 16.6. The first-order valence-corrected chi connectivity index (χ1v) is 12.1. The smallest absolute Gasteiger partial charge is 0.307 e. The number of carboxylic acids is 1. The van der Waals surface area contributed by atoms with Crippen LogP contribution in [0.15, 0.2) is 12.2 Å². The van der Waals surface area contributed by atoms with Gasteiger partial charge in [0, 0.05) is 0 Å². The lowest BCUT2D eigenvalue weighted by atomic mass is 9.92. The highest BCUT2D eigenvalue weighted by Gasteiger charge is 2.41. The zero-order valence-corrected chi connectivity index (χ0v) is 20.1. The van der Waals surface area contributed by atoms with Crippen molar-refractivity contribution in [2.45, 2.75) is 109 Å². The molecule has 0 bridgehead atoms. The van der Waals surface area contributed by atoms with Gasteiger partial charge in [0.15, 0.2) is 11.4 Å². The van der Waals surface area contributed by atoms with Crippen molar-refractivity contribution < 1.29 is 24.3 Å². The largest absolute Gasteiger partial charge is 0.481 e.